The number of H-pyrrole nitrogens is 1. The first-order valence-electron chi connectivity index (χ1n) is 5.82. The van der Waals surface area contributed by atoms with Crippen LogP contribution in [-0.4, -0.2) is 39.3 Å². The average molecular weight is 295 g/mol. The molecule has 2 aromatic rings. The Balaban J connectivity index is 2.91. The van der Waals surface area contributed by atoms with Crippen molar-refractivity contribution in [1.29, 1.82) is 0 Å². The fourth-order valence-electron chi connectivity index (χ4n) is 1.96. The van der Waals surface area contributed by atoms with Gasteiger partial charge in [-0.3, -0.25) is 9.78 Å². The number of carbonyl (C=O) groups is 1. The Labute approximate surface area is 118 Å². The third-order valence-corrected chi connectivity index (χ3v) is 3.15. The number of aromatic nitrogens is 3. The topological polar surface area (TPSA) is 97.2 Å². The van der Waals surface area contributed by atoms with Crippen molar-refractivity contribution < 1.29 is 14.6 Å². The van der Waals surface area contributed by atoms with Crippen molar-refractivity contribution in [2.45, 2.75) is 13.5 Å². The van der Waals surface area contributed by atoms with Gasteiger partial charge in [0, 0.05) is 12.8 Å². The molecule has 106 valence electrons. The maximum Gasteiger partial charge on any atom is 0.336 e. The van der Waals surface area contributed by atoms with Crippen molar-refractivity contribution in [2.24, 2.45) is 0 Å². The molecule has 0 aliphatic heterocycles. The molecule has 2 aromatic heterocycles. The molecular weight excluding hydrogens is 282 g/mol. The predicted molar refractivity (Wildman–Crippen MR) is 74.8 cm³/mol. The zero-order chi connectivity index (χ0) is 14.9. The van der Waals surface area contributed by atoms with Gasteiger partial charge < -0.3 is 14.4 Å². The molecule has 0 unspecified atom stereocenters. The lowest BCUT2D eigenvalue weighted by Crippen LogP contribution is -2.20. The molecule has 0 saturated heterocycles. The van der Waals surface area contributed by atoms with Crippen LogP contribution < -0.4 is 5.56 Å². The van der Waals surface area contributed by atoms with Crippen LogP contribution in [0.4, 0.5) is 0 Å². The molecule has 2 N–H and O–H groups in total. The summed E-state index contributed by atoms with van der Waals surface area (Å²) in [5.74, 6) is -1.18. The molecule has 0 bridgehead atoms. The van der Waals surface area contributed by atoms with E-state index in [1.807, 2.05) is 0 Å². The Morgan fingerprint density at radius 2 is 2.30 bits per heavy atom. The van der Waals surface area contributed by atoms with Gasteiger partial charge in [-0.1, -0.05) is 0 Å². The van der Waals surface area contributed by atoms with Crippen LogP contribution in [0, 0.1) is 11.7 Å². The van der Waals surface area contributed by atoms with Crippen molar-refractivity contribution in [3.8, 4) is 0 Å². The quantitative estimate of drug-likeness (QED) is 0.820. The van der Waals surface area contributed by atoms with Crippen molar-refractivity contribution in [3.05, 3.63) is 32.4 Å². The molecule has 0 atom stereocenters. The summed E-state index contributed by atoms with van der Waals surface area (Å²) in [6.45, 7) is 2.41. The number of nitrogens with one attached hydrogen (secondary N) is 1. The first-order chi connectivity index (χ1) is 9.45. The molecule has 0 amide bonds. The standard InChI is InChI=1S/C12H13N3O4S/c1-6-5-7(11(17)18)8-9(13-6)15(3-4-19-2)12(20)14-10(8)16/h5H,3-4H2,1-2H3,(H,17,18)(H,14,16,20). The van der Waals surface area contributed by atoms with E-state index in [1.54, 1.807) is 18.6 Å². The molecule has 0 spiro atoms. The average Bonchev–Trinajstić information content (AvgIpc) is 2.37. The normalized spacial score (nSPS) is 10.9. The van der Waals surface area contributed by atoms with E-state index in [2.05, 4.69) is 9.97 Å². The van der Waals surface area contributed by atoms with E-state index in [1.165, 1.54) is 6.07 Å². The fraction of sp³-hybridized carbons (Fsp3) is 0.333. The monoisotopic (exact) mass is 295 g/mol. The number of ether oxygens (including phenoxy) is 1. The highest BCUT2D eigenvalue weighted by Gasteiger charge is 2.16. The first kappa shape index (κ1) is 14.4. The maximum atomic E-state index is 12.0. The van der Waals surface area contributed by atoms with E-state index in [-0.39, 0.29) is 21.4 Å². The van der Waals surface area contributed by atoms with E-state index in [0.29, 0.717) is 18.8 Å². The van der Waals surface area contributed by atoms with Gasteiger partial charge in [0.05, 0.1) is 24.1 Å². The molecule has 2 rings (SSSR count). The molecule has 0 fully saturated rings. The lowest BCUT2D eigenvalue weighted by molar-refractivity contribution is 0.0698. The minimum Gasteiger partial charge on any atom is -0.478 e. The summed E-state index contributed by atoms with van der Waals surface area (Å²) in [5, 5.41) is 9.25. The summed E-state index contributed by atoms with van der Waals surface area (Å²) in [6, 6.07) is 1.36. The molecule has 0 aromatic carbocycles. The van der Waals surface area contributed by atoms with Crippen molar-refractivity contribution in [1.82, 2.24) is 14.5 Å². The Hall–Kier alpha value is -2.06. The number of pyridine rings is 1. The molecular formula is C12H13N3O4S. The smallest absolute Gasteiger partial charge is 0.336 e. The highest BCUT2D eigenvalue weighted by atomic mass is 32.1. The number of carboxylic acids is 1. The summed E-state index contributed by atoms with van der Waals surface area (Å²) in [5.41, 5.74) is 0.118. The SMILES string of the molecule is COCCn1c(=S)[nH]c(=O)c2c(C(=O)O)cc(C)nc21. The van der Waals surface area contributed by atoms with E-state index in [4.69, 9.17) is 17.0 Å². The fourth-order valence-corrected chi connectivity index (χ4v) is 2.23. The number of nitrogens with zero attached hydrogens (tertiary/aromatic N) is 2. The highest BCUT2D eigenvalue weighted by molar-refractivity contribution is 7.71. The van der Waals surface area contributed by atoms with Gasteiger partial charge in [-0.2, -0.15) is 0 Å². The molecule has 2 heterocycles. The summed E-state index contributed by atoms with van der Waals surface area (Å²) >= 11 is 5.10. The summed E-state index contributed by atoms with van der Waals surface area (Å²) < 4.78 is 6.74. The predicted octanol–water partition coefficient (Wildman–Crippen LogP) is 1.11. The lowest BCUT2D eigenvalue weighted by atomic mass is 10.1. The van der Waals surface area contributed by atoms with Crippen LogP contribution in [0.15, 0.2) is 10.9 Å². The van der Waals surface area contributed by atoms with Gasteiger partial charge in [0.1, 0.15) is 5.65 Å². The number of aromatic amines is 1. The van der Waals surface area contributed by atoms with Crippen molar-refractivity contribution in [2.75, 3.05) is 13.7 Å². The van der Waals surface area contributed by atoms with Gasteiger partial charge >= 0.3 is 5.97 Å². The Bertz CT molecular complexity index is 794. The van der Waals surface area contributed by atoms with Gasteiger partial charge in [-0.25, -0.2) is 9.78 Å². The second-order valence-corrected chi connectivity index (χ2v) is 4.61. The summed E-state index contributed by atoms with van der Waals surface area (Å²) in [7, 11) is 1.54. The molecule has 7 nitrogen and oxygen atoms in total. The van der Waals surface area contributed by atoms with Crippen LogP contribution in [0.1, 0.15) is 16.1 Å². The number of carboxylic acid groups (broad SMARTS) is 1. The molecule has 0 saturated carbocycles. The Morgan fingerprint density at radius 3 is 2.90 bits per heavy atom. The number of hydrogen-bond donors (Lipinski definition) is 2. The second-order valence-electron chi connectivity index (χ2n) is 4.22. The van der Waals surface area contributed by atoms with Crippen LogP contribution in [0.2, 0.25) is 0 Å². The van der Waals surface area contributed by atoms with Gasteiger partial charge in [-0.15, -0.1) is 0 Å². The van der Waals surface area contributed by atoms with Crippen LogP contribution >= 0.6 is 12.2 Å². The summed E-state index contributed by atoms with van der Waals surface area (Å²) in [4.78, 5) is 30.0. The van der Waals surface area contributed by atoms with Crippen LogP contribution in [-0.2, 0) is 11.3 Å². The third-order valence-electron chi connectivity index (χ3n) is 2.83. The lowest BCUT2D eigenvalue weighted by Gasteiger charge is -2.11. The number of hydrogen-bond acceptors (Lipinski definition) is 5. The highest BCUT2D eigenvalue weighted by Crippen LogP contribution is 2.15. The minimum atomic E-state index is -1.18. The van der Waals surface area contributed by atoms with E-state index in [9.17, 15) is 14.7 Å². The Morgan fingerprint density at radius 1 is 1.60 bits per heavy atom. The Kier molecular flexibility index (Phi) is 3.96. The van der Waals surface area contributed by atoms with Crippen LogP contribution in [0.5, 0.6) is 0 Å². The van der Waals surface area contributed by atoms with Gasteiger partial charge in [0.25, 0.3) is 5.56 Å². The number of methoxy groups -OCH3 is 1. The number of fused-ring (bicyclic) bond motifs is 1. The van der Waals surface area contributed by atoms with E-state index in [0.717, 1.165) is 0 Å². The third kappa shape index (κ3) is 2.47. The van der Waals surface area contributed by atoms with Crippen LogP contribution in [0.3, 0.4) is 0 Å². The molecule has 0 aliphatic carbocycles. The second kappa shape index (κ2) is 5.51. The zero-order valence-corrected chi connectivity index (χ0v) is 11.8. The molecule has 0 aliphatic rings. The van der Waals surface area contributed by atoms with E-state index >= 15 is 0 Å². The number of aromatic carboxylic acids is 1. The zero-order valence-electron chi connectivity index (χ0n) is 11.0. The number of aryl methyl sites for hydroxylation is 1. The molecule has 20 heavy (non-hydrogen) atoms. The van der Waals surface area contributed by atoms with Gasteiger partial charge in [0.2, 0.25) is 0 Å². The van der Waals surface area contributed by atoms with Gasteiger partial charge in [0.15, 0.2) is 4.77 Å². The van der Waals surface area contributed by atoms with E-state index < -0.39 is 11.5 Å². The minimum absolute atomic E-state index is 0.0211. The summed E-state index contributed by atoms with van der Waals surface area (Å²) in [6.07, 6.45) is 0. The molecule has 8 heteroatoms. The largest absolute Gasteiger partial charge is 0.478 e. The molecule has 0 radical (unpaired) electrons. The van der Waals surface area contributed by atoms with Crippen LogP contribution in [0.25, 0.3) is 11.0 Å². The maximum absolute atomic E-state index is 12.0. The first-order valence-corrected chi connectivity index (χ1v) is 6.23. The number of rotatable bonds is 4. The van der Waals surface area contributed by atoms with Crippen molar-refractivity contribution >= 4 is 29.2 Å². The van der Waals surface area contributed by atoms with Gasteiger partial charge in [-0.05, 0) is 25.2 Å². The van der Waals surface area contributed by atoms with Crippen molar-refractivity contribution in [3.63, 3.8) is 0 Å².